The van der Waals surface area contributed by atoms with Gasteiger partial charge in [0.1, 0.15) is 12.0 Å². The summed E-state index contributed by atoms with van der Waals surface area (Å²) in [6.45, 7) is 6.43. The fourth-order valence-electron chi connectivity index (χ4n) is 2.77. The SMILES string of the molecule is CCNC(=NCc1coc(-c2cccs2)n1)NCCCOCC1CCCO1. The minimum Gasteiger partial charge on any atom is -0.443 e. The minimum atomic E-state index is 0.290. The summed E-state index contributed by atoms with van der Waals surface area (Å²) in [7, 11) is 0. The molecule has 2 aromatic heterocycles. The van der Waals surface area contributed by atoms with Gasteiger partial charge in [0.05, 0.1) is 24.1 Å². The molecule has 3 rings (SSSR count). The van der Waals surface area contributed by atoms with Crippen molar-refractivity contribution >= 4 is 17.3 Å². The van der Waals surface area contributed by atoms with Gasteiger partial charge >= 0.3 is 0 Å². The Morgan fingerprint density at radius 3 is 3.19 bits per heavy atom. The molecule has 1 unspecified atom stereocenters. The predicted octanol–water partition coefficient (Wildman–Crippen LogP) is 3.04. The molecule has 2 aromatic rings. The summed E-state index contributed by atoms with van der Waals surface area (Å²) >= 11 is 1.61. The van der Waals surface area contributed by atoms with E-state index in [2.05, 4.69) is 20.6 Å². The lowest BCUT2D eigenvalue weighted by Crippen LogP contribution is -2.38. The van der Waals surface area contributed by atoms with Gasteiger partial charge in [-0.3, -0.25) is 0 Å². The molecule has 0 amide bonds. The third-order valence-electron chi connectivity index (χ3n) is 4.11. The van der Waals surface area contributed by atoms with E-state index < -0.39 is 0 Å². The molecule has 0 aliphatic carbocycles. The molecule has 3 heterocycles. The third kappa shape index (κ3) is 6.64. The number of hydrogen-bond donors (Lipinski definition) is 2. The van der Waals surface area contributed by atoms with Crippen LogP contribution >= 0.6 is 11.3 Å². The van der Waals surface area contributed by atoms with E-state index in [0.717, 1.165) is 62.1 Å². The van der Waals surface area contributed by atoms with Crippen LogP contribution in [0.15, 0.2) is 33.2 Å². The maximum Gasteiger partial charge on any atom is 0.236 e. The topological polar surface area (TPSA) is 80.9 Å². The summed E-state index contributed by atoms with van der Waals surface area (Å²) in [6, 6.07) is 3.98. The summed E-state index contributed by atoms with van der Waals surface area (Å²) in [5, 5.41) is 8.58. The highest BCUT2D eigenvalue weighted by Gasteiger charge is 2.14. The second-order valence-corrected chi connectivity index (χ2v) is 7.25. The normalized spacial score (nSPS) is 17.4. The quantitative estimate of drug-likeness (QED) is 0.367. The lowest BCUT2D eigenvalue weighted by atomic mass is 10.2. The smallest absolute Gasteiger partial charge is 0.236 e. The van der Waals surface area contributed by atoms with Crippen molar-refractivity contribution in [2.45, 2.75) is 38.8 Å². The van der Waals surface area contributed by atoms with E-state index >= 15 is 0 Å². The van der Waals surface area contributed by atoms with Crippen LogP contribution in [0, 0.1) is 0 Å². The number of oxazole rings is 1. The molecule has 0 spiro atoms. The van der Waals surface area contributed by atoms with E-state index in [1.807, 2.05) is 24.4 Å². The average Bonchev–Trinajstić information content (AvgIpc) is 3.44. The number of thiophene rings is 1. The fraction of sp³-hybridized carbons (Fsp3) is 0.579. The molecule has 27 heavy (non-hydrogen) atoms. The van der Waals surface area contributed by atoms with Gasteiger partial charge in [0.2, 0.25) is 5.89 Å². The molecule has 1 saturated heterocycles. The Kier molecular flexibility index (Phi) is 8.13. The molecule has 7 nitrogen and oxygen atoms in total. The number of rotatable bonds is 10. The summed E-state index contributed by atoms with van der Waals surface area (Å²) in [6.07, 6.45) is 5.15. The van der Waals surface area contributed by atoms with Crippen molar-refractivity contribution in [2.24, 2.45) is 4.99 Å². The maximum absolute atomic E-state index is 5.68. The molecule has 1 fully saturated rings. The number of nitrogens with one attached hydrogen (secondary N) is 2. The van der Waals surface area contributed by atoms with Crippen LogP contribution in [0.3, 0.4) is 0 Å². The summed E-state index contributed by atoms with van der Waals surface area (Å²) in [5.41, 5.74) is 0.815. The van der Waals surface area contributed by atoms with Gasteiger partial charge in [-0.05, 0) is 37.6 Å². The van der Waals surface area contributed by atoms with Crippen molar-refractivity contribution < 1.29 is 13.9 Å². The summed E-state index contributed by atoms with van der Waals surface area (Å²) in [4.78, 5) is 10.1. The minimum absolute atomic E-state index is 0.290. The largest absolute Gasteiger partial charge is 0.443 e. The van der Waals surface area contributed by atoms with Gasteiger partial charge < -0.3 is 24.5 Å². The van der Waals surface area contributed by atoms with Gasteiger partial charge in [-0.25, -0.2) is 9.98 Å². The first-order chi connectivity index (χ1) is 13.3. The van der Waals surface area contributed by atoms with Crippen LogP contribution in [0.4, 0.5) is 0 Å². The van der Waals surface area contributed by atoms with E-state index in [1.165, 1.54) is 0 Å². The molecule has 1 aliphatic rings. The van der Waals surface area contributed by atoms with Crippen molar-refractivity contribution in [3.63, 3.8) is 0 Å². The van der Waals surface area contributed by atoms with Gasteiger partial charge in [0.25, 0.3) is 0 Å². The van der Waals surface area contributed by atoms with Gasteiger partial charge in [-0.15, -0.1) is 11.3 Å². The molecule has 0 saturated carbocycles. The zero-order chi connectivity index (χ0) is 18.7. The van der Waals surface area contributed by atoms with Crippen LogP contribution in [-0.2, 0) is 16.0 Å². The lowest BCUT2D eigenvalue weighted by molar-refractivity contribution is 0.0168. The zero-order valence-corrected chi connectivity index (χ0v) is 16.6. The van der Waals surface area contributed by atoms with Crippen LogP contribution in [0.2, 0.25) is 0 Å². The van der Waals surface area contributed by atoms with Gasteiger partial charge in [-0.2, -0.15) is 0 Å². The Morgan fingerprint density at radius 2 is 2.41 bits per heavy atom. The highest BCUT2D eigenvalue weighted by atomic mass is 32.1. The van der Waals surface area contributed by atoms with Crippen LogP contribution in [0.1, 0.15) is 31.9 Å². The van der Waals surface area contributed by atoms with Crippen molar-refractivity contribution in [1.29, 1.82) is 0 Å². The molecule has 1 aliphatic heterocycles. The maximum atomic E-state index is 5.68. The number of guanidine groups is 1. The molecule has 2 N–H and O–H groups in total. The number of ether oxygens (including phenoxy) is 2. The number of aromatic nitrogens is 1. The summed E-state index contributed by atoms with van der Waals surface area (Å²) in [5.74, 6) is 1.42. The Labute approximate surface area is 164 Å². The molecule has 1 atom stereocenters. The second-order valence-electron chi connectivity index (χ2n) is 6.31. The Bertz CT molecular complexity index is 681. The molecule has 0 aromatic carbocycles. The highest BCUT2D eigenvalue weighted by molar-refractivity contribution is 7.13. The molecule has 8 heteroatoms. The average molecular weight is 393 g/mol. The van der Waals surface area contributed by atoms with Crippen molar-refractivity contribution in [1.82, 2.24) is 15.6 Å². The van der Waals surface area contributed by atoms with Crippen molar-refractivity contribution in [3.05, 3.63) is 29.5 Å². The highest BCUT2D eigenvalue weighted by Crippen LogP contribution is 2.23. The molecular weight excluding hydrogens is 364 g/mol. The number of hydrogen-bond acceptors (Lipinski definition) is 6. The zero-order valence-electron chi connectivity index (χ0n) is 15.8. The first-order valence-electron chi connectivity index (χ1n) is 9.55. The molecule has 0 radical (unpaired) electrons. The van der Waals surface area contributed by atoms with Crippen LogP contribution in [0.25, 0.3) is 10.8 Å². The standard InChI is InChI=1S/C19H28N4O3S/c1-2-20-19(21-8-5-9-24-14-16-6-3-10-25-16)22-12-15-13-26-18(23-15)17-7-4-11-27-17/h4,7,11,13,16H,2-3,5-6,8-10,12,14H2,1H3,(H2,20,21,22). The van der Waals surface area contributed by atoms with Crippen LogP contribution < -0.4 is 10.6 Å². The van der Waals surface area contributed by atoms with Crippen molar-refractivity contribution in [3.8, 4) is 10.8 Å². The van der Waals surface area contributed by atoms with E-state index in [4.69, 9.17) is 13.9 Å². The monoisotopic (exact) mass is 392 g/mol. The van der Waals surface area contributed by atoms with Gasteiger partial charge in [0.15, 0.2) is 5.96 Å². The first-order valence-corrected chi connectivity index (χ1v) is 10.4. The molecular formula is C19H28N4O3S. The van der Waals surface area contributed by atoms with E-state index in [-0.39, 0.29) is 0 Å². The van der Waals surface area contributed by atoms with Gasteiger partial charge in [-0.1, -0.05) is 6.07 Å². The lowest BCUT2D eigenvalue weighted by Gasteiger charge is -2.12. The van der Waals surface area contributed by atoms with Crippen LogP contribution in [-0.4, -0.2) is 50.0 Å². The number of nitrogens with zero attached hydrogens (tertiary/aromatic N) is 2. The molecule has 148 valence electrons. The van der Waals surface area contributed by atoms with E-state index in [1.54, 1.807) is 17.6 Å². The fourth-order valence-corrected chi connectivity index (χ4v) is 3.42. The van der Waals surface area contributed by atoms with Crippen LogP contribution in [0.5, 0.6) is 0 Å². The molecule has 0 bridgehead atoms. The van der Waals surface area contributed by atoms with Crippen molar-refractivity contribution in [2.75, 3.05) is 32.9 Å². The van der Waals surface area contributed by atoms with E-state index in [0.29, 0.717) is 25.1 Å². The summed E-state index contributed by atoms with van der Waals surface area (Å²) < 4.78 is 16.8. The third-order valence-corrected chi connectivity index (χ3v) is 4.97. The van der Waals surface area contributed by atoms with Gasteiger partial charge in [0, 0.05) is 26.3 Å². The predicted molar refractivity (Wildman–Crippen MR) is 107 cm³/mol. The number of aliphatic imine (C=N–C) groups is 1. The van der Waals surface area contributed by atoms with E-state index in [9.17, 15) is 0 Å². The Balaban J connectivity index is 1.37. The Morgan fingerprint density at radius 1 is 1.44 bits per heavy atom. The first kappa shape index (κ1) is 19.9. The Hall–Kier alpha value is -1.90. The second kappa shape index (κ2) is 11.1.